The highest BCUT2D eigenvalue weighted by Crippen LogP contribution is 2.34. The zero-order valence-electron chi connectivity index (χ0n) is 11.4. The number of ketones is 1. The fourth-order valence-electron chi connectivity index (χ4n) is 3.02. The molecule has 0 unspecified atom stereocenters. The van der Waals surface area contributed by atoms with E-state index in [2.05, 4.69) is 21.2 Å². The molecule has 0 atom stereocenters. The quantitative estimate of drug-likeness (QED) is 0.656. The molecule has 2 fully saturated rings. The van der Waals surface area contributed by atoms with Crippen molar-refractivity contribution in [2.45, 2.75) is 37.6 Å². The molecule has 5 nitrogen and oxygen atoms in total. The van der Waals surface area contributed by atoms with E-state index < -0.39 is 11.6 Å². The van der Waals surface area contributed by atoms with Gasteiger partial charge in [-0.15, -0.1) is 11.3 Å². The van der Waals surface area contributed by atoms with E-state index in [0.29, 0.717) is 22.2 Å². The van der Waals surface area contributed by atoms with Crippen molar-refractivity contribution < 1.29 is 14.4 Å². The lowest BCUT2D eigenvalue weighted by Crippen LogP contribution is -2.48. The fourth-order valence-corrected chi connectivity index (χ4v) is 4.55. The molecule has 0 bridgehead atoms. The van der Waals surface area contributed by atoms with Gasteiger partial charge in [-0.05, 0) is 40.2 Å². The van der Waals surface area contributed by atoms with Gasteiger partial charge in [0.25, 0.3) is 5.91 Å². The molecule has 1 saturated heterocycles. The Morgan fingerprint density at radius 3 is 2.67 bits per heavy atom. The minimum absolute atomic E-state index is 0.189. The highest BCUT2D eigenvalue weighted by atomic mass is 79.9. The number of imide groups is 1. The molecule has 1 N–H and O–H groups in total. The molecule has 1 aliphatic heterocycles. The summed E-state index contributed by atoms with van der Waals surface area (Å²) in [6, 6.07) is 1.34. The van der Waals surface area contributed by atoms with Gasteiger partial charge in [-0.3, -0.25) is 14.5 Å². The van der Waals surface area contributed by atoms with Crippen LogP contribution in [0.1, 0.15) is 41.8 Å². The van der Waals surface area contributed by atoms with Gasteiger partial charge in [0.15, 0.2) is 5.78 Å². The third-order valence-corrected chi connectivity index (χ3v) is 6.00. The number of Topliss-reactive ketones (excluding diaryl/α,β-unsaturated/α-hetero) is 1. The molecule has 1 aliphatic carbocycles. The largest absolute Gasteiger partial charge is 0.325 e. The van der Waals surface area contributed by atoms with Crippen molar-refractivity contribution in [1.82, 2.24) is 10.2 Å². The summed E-state index contributed by atoms with van der Waals surface area (Å²) in [5.74, 6) is -0.457. The number of nitrogens with one attached hydrogen (secondary N) is 1. The molecule has 1 aromatic heterocycles. The molecule has 1 aromatic rings. The van der Waals surface area contributed by atoms with Gasteiger partial charge < -0.3 is 5.32 Å². The van der Waals surface area contributed by atoms with E-state index in [1.807, 2.05) is 0 Å². The first kappa shape index (κ1) is 14.7. The molecule has 2 aliphatic rings. The first-order valence-electron chi connectivity index (χ1n) is 6.94. The van der Waals surface area contributed by atoms with Gasteiger partial charge in [-0.1, -0.05) is 19.3 Å². The average Bonchev–Trinajstić information content (AvgIpc) is 2.98. The average molecular weight is 371 g/mol. The SMILES string of the molecule is O=C(CN1C(=O)NC2(CCCCC2)C1=O)c1sccc1Br. The van der Waals surface area contributed by atoms with E-state index in [-0.39, 0.29) is 18.2 Å². The van der Waals surface area contributed by atoms with Gasteiger partial charge in [-0.25, -0.2) is 4.79 Å². The molecule has 0 radical (unpaired) electrons. The second-order valence-corrected chi connectivity index (χ2v) is 7.26. The van der Waals surface area contributed by atoms with Gasteiger partial charge in [0.1, 0.15) is 5.54 Å². The van der Waals surface area contributed by atoms with Crippen LogP contribution in [0.15, 0.2) is 15.9 Å². The number of nitrogens with zero attached hydrogens (tertiary/aromatic N) is 1. The number of thiophene rings is 1. The van der Waals surface area contributed by atoms with Crippen LogP contribution >= 0.6 is 27.3 Å². The van der Waals surface area contributed by atoms with Crippen LogP contribution in [0.2, 0.25) is 0 Å². The molecule has 1 spiro atoms. The highest BCUT2D eigenvalue weighted by Gasteiger charge is 2.51. The summed E-state index contributed by atoms with van der Waals surface area (Å²) in [6.07, 6.45) is 4.30. The van der Waals surface area contributed by atoms with Crippen LogP contribution in [0.3, 0.4) is 0 Å². The van der Waals surface area contributed by atoms with Crippen LogP contribution in [0.4, 0.5) is 4.79 Å². The molecule has 3 amide bonds. The zero-order chi connectivity index (χ0) is 15.0. The standard InChI is InChI=1S/C14H15BrN2O3S/c15-9-4-7-21-11(9)10(18)8-17-12(19)14(16-13(17)20)5-2-1-3-6-14/h4,7H,1-3,5-6,8H2,(H,16,20). The summed E-state index contributed by atoms with van der Waals surface area (Å²) in [4.78, 5) is 38.5. The van der Waals surface area contributed by atoms with Crippen LogP contribution in [-0.4, -0.2) is 34.7 Å². The van der Waals surface area contributed by atoms with Crippen molar-refractivity contribution in [3.8, 4) is 0 Å². The van der Waals surface area contributed by atoms with Crippen molar-refractivity contribution in [2.24, 2.45) is 0 Å². The van der Waals surface area contributed by atoms with Crippen LogP contribution < -0.4 is 5.32 Å². The maximum absolute atomic E-state index is 12.6. The number of halogens is 1. The van der Waals surface area contributed by atoms with Crippen LogP contribution in [0.25, 0.3) is 0 Å². The van der Waals surface area contributed by atoms with E-state index in [1.165, 1.54) is 11.3 Å². The Morgan fingerprint density at radius 2 is 2.05 bits per heavy atom. The minimum Gasteiger partial charge on any atom is -0.323 e. The van der Waals surface area contributed by atoms with Crippen molar-refractivity contribution in [3.63, 3.8) is 0 Å². The number of urea groups is 1. The molecule has 2 heterocycles. The van der Waals surface area contributed by atoms with Crippen LogP contribution in [0, 0.1) is 0 Å². The summed E-state index contributed by atoms with van der Waals surface area (Å²) < 4.78 is 0.705. The van der Waals surface area contributed by atoms with Gasteiger partial charge in [0.05, 0.1) is 11.4 Å². The number of carbonyl (C=O) groups excluding carboxylic acids is 3. The van der Waals surface area contributed by atoms with E-state index in [1.54, 1.807) is 11.4 Å². The smallest absolute Gasteiger partial charge is 0.323 e. The number of carbonyl (C=O) groups is 3. The molecule has 21 heavy (non-hydrogen) atoms. The Kier molecular flexibility index (Phi) is 3.88. The van der Waals surface area contributed by atoms with Gasteiger partial charge in [0.2, 0.25) is 0 Å². The highest BCUT2D eigenvalue weighted by molar-refractivity contribution is 9.10. The molecule has 0 aromatic carbocycles. The second kappa shape index (κ2) is 5.53. The number of hydrogen-bond donors (Lipinski definition) is 1. The second-order valence-electron chi connectivity index (χ2n) is 5.49. The van der Waals surface area contributed by atoms with Gasteiger partial charge >= 0.3 is 6.03 Å². The minimum atomic E-state index is -0.762. The summed E-state index contributed by atoms with van der Waals surface area (Å²) >= 11 is 4.61. The molecule has 3 rings (SSSR count). The lowest BCUT2D eigenvalue weighted by Gasteiger charge is -2.30. The summed E-state index contributed by atoms with van der Waals surface area (Å²) in [5, 5.41) is 4.61. The zero-order valence-corrected chi connectivity index (χ0v) is 13.8. The number of rotatable bonds is 3. The molecule has 112 valence electrons. The first-order chi connectivity index (χ1) is 10.0. The Labute approximate surface area is 134 Å². The number of amides is 3. The Morgan fingerprint density at radius 1 is 1.33 bits per heavy atom. The lowest BCUT2D eigenvalue weighted by molar-refractivity contribution is -0.132. The Hall–Kier alpha value is -1.21. The van der Waals surface area contributed by atoms with Crippen molar-refractivity contribution in [3.05, 3.63) is 20.8 Å². The summed E-state index contributed by atoms with van der Waals surface area (Å²) in [7, 11) is 0. The molecule has 1 saturated carbocycles. The van der Waals surface area contributed by atoms with Crippen molar-refractivity contribution in [2.75, 3.05) is 6.54 Å². The normalized spacial score (nSPS) is 20.9. The van der Waals surface area contributed by atoms with E-state index >= 15 is 0 Å². The Bertz CT molecular complexity index is 607. The van der Waals surface area contributed by atoms with E-state index in [9.17, 15) is 14.4 Å². The predicted octanol–water partition coefficient (Wildman–Crippen LogP) is 2.95. The topological polar surface area (TPSA) is 66.5 Å². The fraction of sp³-hybridized carbons (Fsp3) is 0.500. The molecular weight excluding hydrogens is 356 g/mol. The van der Waals surface area contributed by atoms with E-state index in [4.69, 9.17) is 0 Å². The molecule has 7 heteroatoms. The number of hydrogen-bond acceptors (Lipinski definition) is 4. The summed E-state index contributed by atoms with van der Waals surface area (Å²) in [5.41, 5.74) is -0.762. The monoisotopic (exact) mass is 370 g/mol. The Balaban J connectivity index is 1.77. The first-order valence-corrected chi connectivity index (χ1v) is 8.61. The third-order valence-electron chi connectivity index (χ3n) is 4.13. The van der Waals surface area contributed by atoms with Crippen LogP contribution in [0.5, 0.6) is 0 Å². The van der Waals surface area contributed by atoms with Crippen molar-refractivity contribution >= 4 is 45.0 Å². The predicted molar refractivity (Wildman–Crippen MR) is 82.4 cm³/mol. The van der Waals surface area contributed by atoms with Crippen LogP contribution in [-0.2, 0) is 4.79 Å². The molecular formula is C14H15BrN2O3S. The summed E-state index contributed by atoms with van der Waals surface area (Å²) in [6.45, 7) is -0.189. The maximum atomic E-state index is 12.6. The maximum Gasteiger partial charge on any atom is 0.325 e. The third kappa shape index (κ3) is 2.53. The van der Waals surface area contributed by atoms with Gasteiger partial charge in [0, 0.05) is 4.47 Å². The van der Waals surface area contributed by atoms with E-state index in [0.717, 1.165) is 24.2 Å². The van der Waals surface area contributed by atoms with Crippen molar-refractivity contribution in [1.29, 1.82) is 0 Å². The lowest BCUT2D eigenvalue weighted by atomic mass is 9.82. The van der Waals surface area contributed by atoms with Gasteiger partial charge in [-0.2, -0.15) is 0 Å².